The SMILES string of the molecule is Cc1c(C(=O)NC(CC(C)C)c2nc(-c3ncn[nH]3)no2)cnn1C. The highest BCUT2D eigenvalue weighted by molar-refractivity contribution is 5.95. The van der Waals surface area contributed by atoms with Gasteiger partial charge in [-0.2, -0.15) is 15.2 Å². The largest absolute Gasteiger partial charge is 0.340 e. The monoisotopic (exact) mass is 344 g/mol. The van der Waals surface area contributed by atoms with Gasteiger partial charge >= 0.3 is 0 Å². The molecule has 0 bridgehead atoms. The number of H-pyrrole nitrogens is 1. The minimum Gasteiger partial charge on any atom is -0.340 e. The summed E-state index contributed by atoms with van der Waals surface area (Å²) in [6, 6.07) is -0.406. The summed E-state index contributed by atoms with van der Waals surface area (Å²) in [5.74, 6) is 1.13. The fourth-order valence-electron chi connectivity index (χ4n) is 2.44. The topological polar surface area (TPSA) is 127 Å². The van der Waals surface area contributed by atoms with Crippen molar-refractivity contribution in [3.05, 3.63) is 29.7 Å². The highest BCUT2D eigenvalue weighted by atomic mass is 16.5. The molecule has 10 heteroatoms. The molecule has 0 aliphatic heterocycles. The van der Waals surface area contributed by atoms with E-state index in [0.717, 1.165) is 5.69 Å². The number of aromatic amines is 1. The summed E-state index contributed by atoms with van der Waals surface area (Å²) in [4.78, 5) is 20.9. The van der Waals surface area contributed by atoms with Gasteiger partial charge in [0.05, 0.1) is 11.8 Å². The predicted octanol–water partition coefficient (Wildman–Crippen LogP) is 1.41. The third kappa shape index (κ3) is 3.57. The molecule has 0 radical (unpaired) electrons. The van der Waals surface area contributed by atoms with E-state index in [1.54, 1.807) is 17.9 Å². The summed E-state index contributed by atoms with van der Waals surface area (Å²) in [5.41, 5.74) is 1.31. The Morgan fingerprint density at radius 1 is 1.44 bits per heavy atom. The van der Waals surface area contributed by atoms with Crippen molar-refractivity contribution in [1.29, 1.82) is 0 Å². The molecule has 0 aliphatic carbocycles. The summed E-state index contributed by atoms with van der Waals surface area (Å²) in [5, 5.41) is 17.4. The lowest BCUT2D eigenvalue weighted by atomic mass is 10.0. The first-order valence-electron chi connectivity index (χ1n) is 7.94. The summed E-state index contributed by atoms with van der Waals surface area (Å²) in [7, 11) is 1.79. The van der Waals surface area contributed by atoms with Gasteiger partial charge in [-0.15, -0.1) is 0 Å². The molecule has 0 spiro atoms. The Bertz CT molecular complexity index is 849. The molecule has 3 aromatic rings. The molecular formula is C15H20N8O2. The number of nitrogens with zero attached hydrogens (tertiary/aromatic N) is 6. The Morgan fingerprint density at radius 2 is 2.24 bits per heavy atom. The van der Waals surface area contributed by atoms with Crippen molar-refractivity contribution in [1.82, 2.24) is 40.4 Å². The van der Waals surface area contributed by atoms with Crippen molar-refractivity contribution >= 4 is 5.91 Å². The smallest absolute Gasteiger partial charge is 0.255 e. The van der Waals surface area contributed by atoms with Gasteiger partial charge in [-0.05, 0) is 19.3 Å². The zero-order chi connectivity index (χ0) is 18.0. The van der Waals surface area contributed by atoms with E-state index in [9.17, 15) is 4.79 Å². The summed E-state index contributed by atoms with van der Waals surface area (Å²) < 4.78 is 6.99. The average molecular weight is 344 g/mol. The number of rotatable bonds is 6. The summed E-state index contributed by atoms with van der Waals surface area (Å²) in [6.45, 7) is 5.96. The third-order valence-corrected chi connectivity index (χ3v) is 3.86. The molecular weight excluding hydrogens is 324 g/mol. The molecule has 1 atom stereocenters. The van der Waals surface area contributed by atoms with Crippen molar-refractivity contribution in [3.8, 4) is 11.6 Å². The number of hydrogen-bond acceptors (Lipinski definition) is 7. The minimum absolute atomic E-state index is 0.226. The molecule has 0 saturated heterocycles. The van der Waals surface area contributed by atoms with E-state index >= 15 is 0 Å². The van der Waals surface area contributed by atoms with Crippen LogP contribution < -0.4 is 5.32 Å². The molecule has 3 rings (SSSR count). The Labute approximate surface area is 144 Å². The molecule has 10 nitrogen and oxygen atoms in total. The minimum atomic E-state index is -0.406. The van der Waals surface area contributed by atoms with Gasteiger partial charge in [0.2, 0.25) is 11.7 Å². The zero-order valence-corrected chi connectivity index (χ0v) is 14.5. The number of hydrogen-bond donors (Lipinski definition) is 2. The molecule has 1 unspecified atom stereocenters. The Balaban J connectivity index is 1.82. The van der Waals surface area contributed by atoms with Crippen molar-refractivity contribution in [2.75, 3.05) is 0 Å². The lowest BCUT2D eigenvalue weighted by Gasteiger charge is -2.16. The zero-order valence-electron chi connectivity index (χ0n) is 14.5. The van der Waals surface area contributed by atoms with E-state index in [1.807, 2.05) is 6.92 Å². The Kier molecular flexibility index (Phi) is 4.59. The number of amides is 1. The lowest BCUT2D eigenvalue weighted by molar-refractivity contribution is 0.0921. The molecule has 132 valence electrons. The Morgan fingerprint density at radius 3 is 2.84 bits per heavy atom. The van der Waals surface area contributed by atoms with Crippen LogP contribution in [-0.4, -0.2) is 41.0 Å². The van der Waals surface area contributed by atoms with Crippen LogP contribution in [-0.2, 0) is 7.05 Å². The fraction of sp³-hybridized carbons (Fsp3) is 0.467. The quantitative estimate of drug-likeness (QED) is 0.692. The molecule has 0 aromatic carbocycles. The molecule has 3 aromatic heterocycles. The van der Waals surface area contributed by atoms with Crippen LogP contribution in [0.5, 0.6) is 0 Å². The maximum absolute atomic E-state index is 12.6. The van der Waals surface area contributed by atoms with Crippen LogP contribution in [0.25, 0.3) is 11.6 Å². The average Bonchev–Trinajstić information content (AvgIpc) is 3.28. The van der Waals surface area contributed by atoms with Crippen LogP contribution in [0, 0.1) is 12.8 Å². The van der Waals surface area contributed by atoms with Gasteiger partial charge in [0.15, 0.2) is 5.82 Å². The Hall–Kier alpha value is -3.04. The third-order valence-electron chi connectivity index (χ3n) is 3.86. The second kappa shape index (κ2) is 6.83. The van der Waals surface area contributed by atoms with Gasteiger partial charge in [0, 0.05) is 12.7 Å². The normalized spacial score (nSPS) is 12.5. The molecule has 2 N–H and O–H groups in total. The van der Waals surface area contributed by atoms with Crippen molar-refractivity contribution < 1.29 is 9.32 Å². The standard InChI is InChI=1S/C15H20N8O2/c1-8(2)5-11(19-14(24)10-6-18-23(4)9(10)3)15-20-13(22-25-15)12-16-7-17-21-12/h6-8,11H,5H2,1-4H3,(H,19,24)(H,16,17,21). The number of aryl methyl sites for hydroxylation is 1. The van der Waals surface area contributed by atoms with Crippen LogP contribution in [0.15, 0.2) is 17.0 Å². The highest BCUT2D eigenvalue weighted by Crippen LogP contribution is 2.22. The first-order valence-corrected chi connectivity index (χ1v) is 7.94. The predicted molar refractivity (Wildman–Crippen MR) is 87.3 cm³/mol. The molecule has 0 aliphatic rings. The molecule has 1 amide bonds. The van der Waals surface area contributed by atoms with Crippen LogP contribution >= 0.6 is 0 Å². The van der Waals surface area contributed by atoms with Crippen LogP contribution in [0.3, 0.4) is 0 Å². The number of carbonyl (C=O) groups excluding carboxylic acids is 1. The van der Waals surface area contributed by atoms with E-state index in [-0.39, 0.29) is 5.91 Å². The van der Waals surface area contributed by atoms with Gasteiger partial charge in [-0.3, -0.25) is 14.6 Å². The first-order chi connectivity index (χ1) is 12.0. The van der Waals surface area contributed by atoms with Gasteiger partial charge in [0.1, 0.15) is 12.4 Å². The summed E-state index contributed by atoms with van der Waals surface area (Å²) >= 11 is 0. The lowest BCUT2D eigenvalue weighted by Crippen LogP contribution is -2.30. The van der Waals surface area contributed by atoms with Crippen LogP contribution in [0.1, 0.15) is 48.3 Å². The van der Waals surface area contributed by atoms with Gasteiger partial charge < -0.3 is 9.84 Å². The van der Waals surface area contributed by atoms with Crippen LogP contribution in [0.4, 0.5) is 0 Å². The first kappa shape index (κ1) is 16.8. The van der Waals surface area contributed by atoms with Gasteiger partial charge in [-0.1, -0.05) is 19.0 Å². The molecule has 0 saturated carbocycles. The van der Waals surface area contributed by atoms with Crippen LogP contribution in [0.2, 0.25) is 0 Å². The van der Waals surface area contributed by atoms with E-state index in [0.29, 0.717) is 35.4 Å². The fourth-order valence-corrected chi connectivity index (χ4v) is 2.44. The van der Waals surface area contributed by atoms with E-state index in [4.69, 9.17) is 4.52 Å². The molecule has 3 heterocycles. The van der Waals surface area contributed by atoms with Crippen molar-refractivity contribution in [2.45, 2.75) is 33.2 Å². The second-order valence-electron chi connectivity index (χ2n) is 6.21. The van der Waals surface area contributed by atoms with Gasteiger partial charge in [-0.25, -0.2) is 4.98 Å². The van der Waals surface area contributed by atoms with Gasteiger partial charge in [0.25, 0.3) is 5.91 Å². The van der Waals surface area contributed by atoms with Crippen molar-refractivity contribution in [3.63, 3.8) is 0 Å². The number of nitrogens with one attached hydrogen (secondary N) is 2. The van der Waals surface area contributed by atoms with E-state index in [2.05, 4.69) is 49.6 Å². The highest BCUT2D eigenvalue weighted by Gasteiger charge is 2.25. The second-order valence-corrected chi connectivity index (χ2v) is 6.21. The number of aromatic nitrogens is 7. The molecule has 0 fully saturated rings. The maximum atomic E-state index is 12.6. The van der Waals surface area contributed by atoms with Crippen molar-refractivity contribution in [2.24, 2.45) is 13.0 Å². The summed E-state index contributed by atoms with van der Waals surface area (Å²) in [6.07, 6.45) is 3.57. The maximum Gasteiger partial charge on any atom is 0.255 e. The van der Waals surface area contributed by atoms with E-state index < -0.39 is 6.04 Å². The molecule has 25 heavy (non-hydrogen) atoms. The number of carbonyl (C=O) groups is 1. The van der Waals surface area contributed by atoms with E-state index in [1.165, 1.54) is 6.33 Å².